The molecule has 0 unspecified atom stereocenters. The number of hydrogen-bond acceptors (Lipinski definition) is 4. The van der Waals surface area contributed by atoms with Crippen LogP contribution in [-0.2, 0) is 4.79 Å². The molecule has 4 rings (SSSR count). The van der Waals surface area contributed by atoms with Gasteiger partial charge in [-0.2, -0.15) is 0 Å². The molecule has 1 saturated heterocycles. The Bertz CT molecular complexity index is 798. The Balaban J connectivity index is 1.62. The highest BCUT2D eigenvalue weighted by Crippen LogP contribution is 2.38. The molecule has 26 heavy (non-hydrogen) atoms. The van der Waals surface area contributed by atoms with Gasteiger partial charge in [-0.3, -0.25) is 9.59 Å². The van der Waals surface area contributed by atoms with Gasteiger partial charge < -0.3 is 19.4 Å². The number of para-hydroxylation sites is 1. The molecule has 0 radical (unpaired) electrons. The number of carbonyl (C=O) groups is 2. The fraction of sp³-hybridized carbons (Fsp3) is 0.400. The van der Waals surface area contributed by atoms with Crippen LogP contribution in [0.2, 0.25) is 0 Å². The highest BCUT2D eigenvalue weighted by Gasteiger charge is 2.43. The van der Waals surface area contributed by atoms with Crippen LogP contribution in [0.3, 0.4) is 0 Å². The maximum absolute atomic E-state index is 12.8. The number of furan rings is 1. The average Bonchev–Trinajstić information content (AvgIpc) is 3.16. The third kappa shape index (κ3) is 3.19. The lowest BCUT2D eigenvalue weighted by atomic mass is 9.87. The van der Waals surface area contributed by atoms with Crippen LogP contribution in [0, 0.1) is 5.92 Å². The lowest BCUT2D eigenvalue weighted by Crippen LogP contribution is -2.36. The molecule has 1 aromatic heterocycles. The Hall–Kier alpha value is -2.76. The summed E-state index contributed by atoms with van der Waals surface area (Å²) in [5, 5.41) is 3.09. The van der Waals surface area contributed by atoms with Gasteiger partial charge >= 0.3 is 0 Å². The molecule has 1 aromatic carbocycles. The topological polar surface area (TPSA) is 71.8 Å². The number of amides is 2. The molecule has 0 bridgehead atoms. The zero-order chi connectivity index (χ0) is 18.1. The van der Waals surface area contributed by atoms with Gasteiger partial charge in [-0.1, -0.05) is 18.2 Å². The van der Waals surface area contributed by atoms with E-state index >= 15 is 0 Å². The van der Waals surface area contributed by atoms with Gasteiger partial charge in [-0.25, -0.2) is 0 Å². The van der Waals surface area contributed by atoms with Crippen molar-refractivity contribution in [2.75, 3.05) is 20.2 Å². The summed E-state index contributed by atoms with van der Waals surface area (Å²) in [4.78, 5) is 27.2. The predicted octanol–water partition coefficient (Wildman–Crippen LogP) is 2.42. The van der Waals surface area contributed by atoms with Crippen molar-refractivity contribution >= 4 is 11.8 Å². The predicted molar refractivity (Wildman–Crippen MR) is 95.0 cm³/mol. The van der Waals surface area contributed by atoms with Crippen LogP contribution in [0.1, 0.15) is 34.9 Å². The van der Waals surface area contributed by atoms with E-state index in [9.17, 15) is 9.59 Å². The molecule has 1 N–H and O–H groups in total. The van der Waals surface area contributed by atoms with E-state index in [1.165, 1.54) is 6.26 Å². The maximum atomic E-state index is 12.8. The number of rotatable bonds is 5. The Kier molecular flexibility index (Phi) is 4.41. The van der Waals surface area contributed by atoms with Crippen molar-refractivity contribution in [1.82, 2.24) is 10.2 Å². The largest absolute Gasteiger partial charge is 0.496 e. The summed E-state index contributed by atoms with van der Waals surface area (Å²) in [7, 11) is 1.62. The summed E-state index contributed by atoms with van der Waals surface area (Å²) in [6.07, 6.45) is 3.55. The molecular formula is C20H22N2O4. The Morgan fingerprint density at radius 2 is 1.96 bits per heavy atom. The van der Waals surface area contributed by atoms with E-state index in [4.69, 9.17) is 9.15 Å². The van der Waals surface area contributed by atoms with Crippen LogP contribution in [0.5, 0.6) is 5.75 Å². The zero-order valence-electron chi connectivity index (χ0n) is 14.7. The second kappa shape index (κ2) is 6.86. The number of nitrogens with zero attached hydrogens (tertiary/aromatic N) is 1. The van der Waals surface area contributed by atoms with Crippen LogP contribution >= 0.6 is 0 Å². The van der Waals surface area contributed by atoms with Crippen molar-refractivity contribution in [3.8, 4) is 5.75 Å². The molecule has 2 atom stereocenters. The first kappa shape index (κ1) is 16.7. The number of ether oxygens (including phenoxy) is 1. The molecule has 2 amide bonds. The van der Waals surface area contributed by atoms with Crippen LogP contribution in [0.15, 0.2) is 47.1 Å². The summed E-state index contributed by atoms with van der Waals surface area (Å²) in [5.41, 5.74) is 0.959. The number of hydrogen-bond donors (Lipinski definition) is 1. The monoisotopic (exact) mass is 354 g/mol. The third-order valence-corrected chi connectivity index (χ3v) is 5.14. The molecule has 2 fully saturated rings. The van der Waals surface area contributed by atoms with Gasteiger partial charge in [-0.15, -0.1) is 0 Å². The molecule has 2 aliphatic rings. The Morgan fingerprint density at radius 1 is 1.15 bits per heavy atom. The average molecular weight is 354 g/mol. The Labute approximate surface area is 152 Å². The number of likely N-dealkylation sites (tertiary alicyclic amines) is 1. The third-order valence-electron chi connectivity index (χ3n) is 5.14. The van der Waals surface area contributed by atoms with Gasteiger partial charge in [0, 0.05) is 25.0 Å². The number of benzene rings is 1. The summed E-state index contributed by atoms with van der Waals surface area (Å²) < 4.78 is 10.7. The quantitative estimate of drug-likeness (QED) is 0.895. The smallest absolute Gasteiger partial charge is 0.289 e. The fourth-order valence-corrected chi connectivity index (χ4v) is 3.62. The molecule has 1 aliphatic heterocycles. The SMILES string of the molecule is COc1ccccc1[C@@H]1CN(C(=O)c2ccco2)C[C@H]1C(=O)NC1CC1. The molecule has 136 valence electrons. The second-order valence-electron chi connectivity index (χ2n) is 6.93. The standard InChI is InChI=1S/C20H22N2O4/c1-25-17-6-3-2-5-14(17)15-11-22(20(24)18-7-4-10-26-18)12-16(15)19(23)21-13-8-9-13/h2-7,10,13,15-16H,8-9,11-12H2,1H3,(H,21,23)/t15-,16+/m0/s1. The van der Waals surface area contributed by atoms with E-state index in [1.807, 2.05) is 24.3 Å². The first-order valence-corrected chi connectivity index (χ1v) is 8.93. The van der Waals surface area contributed by atoms with Crippen molar-refractivity contribution in [3.05, 3.63) is 54.0 Å². The second-order valence-corrected chi connectivity index (χ2v) is 6.93. The summed E-state index contributed by atoms with van der Waals surface area (Å²) in [5.74, 6) is 0.463. The molecule has 6 nitrogen and oxygen atoms in total. The molecule has 1 saturated carbocycles. The van der Waals surface area contributed by atoms with E-state index in [0.29, 0.717) is 18.8 Å². The van der Waals surface area contributed by atoms with Gasteiger partial charge in [0.2, 0.25) is 5.91 Å². The molecule has 1 aliphatic carbocycles. The number of methoxy groups -OCH3 is 1. The van der Waals surface area contributed by atoms with Crippen LogP contribution in [0.4, 0.5) is 0 Å². The Morgan fingerprint density at radius 3 is 2.65 bits per heavy atom. The van der Waals surface area contributed by atoms with Crippen molar-refractivity contribution in [1.29, 1.82) is 0 Å². The van der Waals surface area contributed by atoms with Gasteiger partial charge in [0.15, 0.2) is 5.76 Å². The molecule has 0 spiro atoms. The van der Waals surface area contributed by atoms with Gasteiger partial charge in [-0.05, 0) is 36.6 Å². The zero-order valence-corrected chi connectivity index (χ0v) is 14.7. The minimum absolute atomic E-state index is 0.0122. The van der Waals surface area contributed by atoms with Crippen LogP contribution in [0.25, 0.3) is 0 Å². The highest BCUT2D eigenvalue weighted by molar-refractivity contribution is 5.93. The summed E-state index contributed by atoms with van der Waals surface area (Å²) >= 11 is 0. The lowest BCUT2D eigenvalue weighted by Gasteiger charge is -2.20. The molecular weight excluding hydrogens is 332 g/mol. The minimum Gasteiger partial charge on any atom is -0.496 e. The molecule has 2 aromatic rings. The number of nitrogens with one attached hydrogen (secondary N) is 1. The van der Waals surface area contributed by atoms with Gasteiger partial charge in [0.25, 0.3) is 5.91 Å². The van der Waals surface area contributed by atoms with Crippen molar-refractivity contribution in [2.24, 2.45) is 5.92 Å². The van der Waals surface area contributed by atoms with Gasteiger partial charge in [0.05, 0.1) is 19.3 Å². The van der Waals surface area contributed by atoms with Crippen LogP contribution < -0.4 is 10.1 Å². The first-order chi connectivity index (χ1) is 12.7. The maximum Gasteiger partial charge on any atom is 0.289 e. The van der Waals surface area contributed by atoms with E-state index in [0.717, 1.165) is 24.2 Å². The number of carbonyl (C=O) groups excluding carboxylic acids is 2. The molecule has 2 heterocycles. The van der Waals surface area contributed by atoms with Crippen molar-refractivity contribution in [2.45, 2.75) is 24.8 Å². The van der Waals surface area contributed by atoms with E-state index in [1.54, 1.807) is 24.1 Å². The van der Waals surface area contributed by atoms with Crippen LogP contribution in [-0.4, -0.2) is 43.0 Å². The fourth-order valence-electron chi connectivity index (χ4n) is 3.62. The van der Waals surface area contributed by atoms with Crippen molar-refractivity contribution in [3.63, 3.8) is 0 Å². The normalized spacial score (nSPS) is 22.3. The van der Waals surface area contributed by atoms with E-state index < -0.39 is 0 Å². The van der Waals surface area contributed by atoms with Crippen molar-refractivity contribution < 1.29 is 18.7 Å². The summed E-state index contributed by atoms with van der Waals surface area (Å²) in [6.45, 7) is 0.837. The van der Waals surface area contributed by atoms with E-state index in [2.05, 4.69) is 5.32 Å². The highest BCUT2D eigenvalue weighted by atomic mass is 16.5. The lowest BCUT2D eigenvalue weighted by molar-refractivity contribution is -0.125. The molecule has 6 heteroatoms. The minimum atomic E-state index is -0.300. The first-order valence-electron chi connectivity index (χ1n) is 8.93. The van der Waals surface area contributed by atoms with Gasteiger partial charge in [0.1, 0.15) is 5.75 Å². The summed E-state index contributed by atoms with van der Waals surface area (Å²) in [6, 6.07) is 11.3. The van der Waals surface area contributed by atoms with E-state index in [-0.39, 0.29) is 29.7 Å².